The Bertz CT molecular complexity index is 486. The van der Waals surface area contributed by atoms with Gasteiger partial charge in [0.05, 0.1) is 5.60 Å². The molecule has 0 saturated carbocycles. The SMILES string of the molecule is CN(CC(C)(C)O)S(=O)(=O)c1c(Br)nnn1C. The molecular formula is C8H15BrN4O3S. The summed E-state index contributed by atoms with van der Waals surface area (Å²) in [7, 11) is -0.842. The minimum atomic E-state index is -3.73. The van der Waals surface area contributed by atoms with Crippen molar-refractivity contribution in [3.63, 3.8) is 0 Å². The summed E-state index contributed by atoms with van der Waals surface area (Å²) in [5, 5.41) is 16.8. The molecular weight excluding hydrogens is 312 g/mol. The van der Waals surface area contributed by atoms with E-state index >= 15 is 0 Å². The Morgan fingerprint density at radius 2 is 2.06 bits per heavy atom. The normalized spacial score (nSPS) is 13.4. The third-order valence-corrected chi connectivity index (χ3v) is 4.69. The van der Waals surface area contributed by atoms with E-state index < -0.39 is 15.6 Å². The largest absolute Gasteiger partial charge is 0.389 e. The topological polar surface area (TPSA) is 88.3 Å². The molecule has 0 aliphatic carbocycles. The average molecular weight is 327 g/mol. The van der Waals surface area contributed by atoms with Gasteiger partial charge in [0.25, 0.3) is 10.0 Å². The van der Waals surface area contributed by atoms with E-state index in [0.717, 1.165) is 4.31 Å². The molecule has 7 nitrogen and oxygen atoms in total. The van der Waals surface area contributed by atoms with Gasteiger partial charge in [-0.05, 0) is 29.8 Å². The van der Waals surface area contributed by atoms with Crippen molar-refractivity contribution in [3.05, 3.63) is 4.60 Å². The lowest BCUT2D eigenvalue weighted by atomic mass is 10.1. The maximum absolute atomic E-state index is 12.2. The highest BCUT2D eigenvalue weighted by Gasteiger charge is 2.31. The Labute approximate surface area is 109 Å². The molecule has 0 aliphatic heterocycles. The second-order valence-corrected chi connectivity index (χ2v) is 7.09. The number of aromatic nitrogens is 3. The van der Waals surface area contributed by atoms with Crippen LogP contribution < -0.4 is 0 Å². The van der Waals surface area contributed by atoms with Crippen molar-refractivity contribution >= 4 is 26.0 Å². The fourth-order valence-electron chi connectivity index (χ4n) is 1.37. The highest BCUT2D eigenvalue weighted by Crippen LogP contribution is 2.22. The van der Waals surface area contributed by atoms with Crippen LogP contribution in [-0.4, -0.2) is 52.0 Å². The van der Waals surface area contributed by atoms with Gasteiger partial charge in [-0.2, -0.15) is 4.31 Å². The summed E-state index contributed by atoms with van der Waals surface area (Å²) in [6.45, 7) is 3.05. The second kappa shape index (κ2) is 4.63. The lowest BCUT2D eigenvalue weighted by Gasteiger charge is -2.24. The number of hydrogen-bond acceptors (Lipinski definition) is 5. The number of likely N-dealkylation sites (N-methyl/N-ethyl adjacent to an activating group) is 1. The number of halogens is 1. The van der Waals surface area contributed by atoms with Crippen LogP contribution in [0.1, 0.15) is 13.8 Å². The molecule has 0 saturated heterocycles. The average Bonchev–Trinajstić information content (AvgIpc) is 2.43. The first-order valence-corrected chi connectivity index (χ1v) is 7.03. The Hall–Kier alpha value is -0.510. The standard InChI is InChI=1S/C8H15BrN4O3S/c1-8(2,14)5-12(3)17(15,16)7-6(9)10-11-13(7)4/h14H,5H2,1-4H3. The molecule has 1 aromatic heterocycles. The van der Waals surface area contributed by atoms with Crippen molar-refractivity contribution < 1.29 is 13.5 Å². The van der Waals surface area contributed by atoms with Crippen LogP contribution in [0.4, 0.5) is 0 Å². The molecule has 1 heterocycles. The van der Waals surface area contributed by atoms with Gasteiger partial charge in [0.15, 0.2) is 4.60 Å². The van der Waals surface area contributed by atoms with Crippen LogP contribution in [0.3, 0.4) is 0 Å². The van der Waals surface area contributed by atoms with Crippen molar-refractivity contribution in [1.82, 2.24) is 19.3 Å². The van der Waals surface area contributed by atoms with Gasteiger partial charge < -0.3 is 5.11 Å². The molecule has 17 heavy (non-hydrogen) atoms. The Morgan fingerprint density at radius 1 is 1.53 bits per heavy atom. The molecule has 0 unspecified atom stereocenters. The number of rotatable bonds is 4. The third-order valence-electron chi connectivity index (χ3n) is 2.00. The molecule has 9 heteroatoms. The van der Waals surface area contributed by atoms with Gasteiger partial charge in [-0.3, -0.25) is 0 Å². The maximum Gasteiger partial charge on any atom is 0.262 e. The van der Waals surface area contributed by atoms with E-state index in [1.807, 2.05) is 0 Å². The van der Waals surface area contributed by atoms with Gasteiger partial charge in [-0.15, -0.1) is 5.10 Å². The Morgan fingerprint density at radius 3 is 2.41 bits per heavy atom. The number of aryl methyl sites for hydroxylation is 1. The van der Waals surface area contributed by atoms with Crippen molar-refractivity contribution in [2.24, 2.45) is 7.05 Å². The number of sulfonamides is 1. The van der Waals surface area contributed by atoms with E-state index in [0.29, 0.717) is 0 Å². The first-order chi connectivity index (χ1) is 7.55. The highest BCUT2D eigenvalue weighted by atomic mass is 79.9. The molecule has 98 valence electrons. The third kappa shape index (κ3) is 3.24. The van der Waals surface area contributed by atoms with E-state index in [1.165, 1.54) is 32.6 Å². The zero-order chi connectivity index (χ0) is 13.4. The quantitative estimate of drug-likeness (QED) is 0.839. The van der Waals surface area contributed by atoms with Crippen molar-refractivity contribution in [1.29, 1.82) is 0 Å². The molecule has 0 aliphatic rings. The van der Waals surface area contributed by atoms with Crippen LogP contribution >= 0.6 is 15.9 Å². The number of nitrogens with zero attached hydrogens (tertiary/aromatic N) is 4. The predicted molar refractivity (Wildman–Crippen MR) is 64.8 cm³/mol. The van der Waals surface area contributed by atoms with Crippen LogP contribution in [0.5, 0.6) is 0 Å². The maximum atomic E-state index is 12.2. The molecule has 1 aromatic rings. The molecule has 0 radical (unpaired) electrons. The summed E-state index contributed by atoms with van der Waals surface area (Å²) in [5.41, 5.74) is -1.11. The van der Waals surface area contributed by atoms with Crippen LogP contribution in [0.25, 0.3) is 0 Å². The van der Waals surface area contributed by atoms with Crippen LogP contribution in [0.15, 0.2) is 9.63 Å². The lowest BCUT2D eigenvalue weighted by Crippen LogP contribution is -2.40. The lowest BCUT2D eigenvalue weighted by molar-refractivity contribution is 0.0638. The summed E-state index contributed by atoms with van der Waals surface area (Å²) >= 11 is 3.04. The minimum absolute atomic E-state index is 0.0209. The van der Waals surface area contributed by atoms with E-state index in [1.54, 1.807) is 0 Å². The van der Waals surface area contributed by atoms with E-state index in [4.69, 9.17) is 0 Å². The van der Waals surface area contributed by atoms with Crippen molar-refractivity contribution in [2.45, 2.75) is 24.5 Å². The molecule has 0 amide bonds. The van der Waals surface area contributed by atoms with E-state index in [9.17, 15) is 13.5 Å². The zero-order valence-corrected chi connectivity index (χ0v) is 12.4. The van der Waals surface area contributed by atoms with Gasteiger partial charge in [0.1, 0.15) is 0 Å². The molecule has 0 bridgehead atoms. The summed E-state index contributed by atoms with van der Waals surface area (Å²) in [6.07, 6.45) is 0. The molecule has 0 fully saturated rings. The molecule has 0 atom stereocenters. The molecule has 0 aromatic carbocycles. The smallest absolute Gasteiger partial charge is 0.262 e. The van der Waals surface area contributed by atoms with Gasteiger partial charge in [0.2, 0.25) is 5.03 Å². The monoisotopic (exact) mass is 326 g/mol. The zero-order valence-electron chi connectivity index (χ0n) is 10.0. The second-order valence-electron chi connectivity index (χ2n) is 4.38. The van der Waals surface area contributed by atoms with E-state index in [-0.39, 0.29) is 16.2 Å². The molecule has 1 rings (SSSR count). The first-order valence-electron chi connectivity index (χ1n) is 4.79. The summed E-state index contributed by atoms with van der Waals surface area (Å²) in [6, 6.07) is 0. The fourth-order valence-corrected chi connectivity index (χ4v) is 3.72. The van der Waals surface area contributed by atoms with Crippen LogP contribution in [0, 0.1) is 0 Å². The van der Waals surface area contributed by atoms with Gasteiger partial charge in [0, 0.05) is 20.6 Å². The summed E-state index contributed by atoms with van der Waals surface area (Å²) in [4.78, 5) is 0. The highest BCUT2D eigenvalue weighted by molar-refractivity contribution is 9.10. The van der Waals surface area contributed by atoms with Crippen molar-refractivity contribution in [3.8, 4) is 0 Å². The van der Waals surface area contributed by atoms with E-state index in [2.05, 4.69) is 26.2 Å². The summed E-state index contributed by atoms with van der Waals surface area (Å²) in [5.74, 6) is 0. The van der Waals surface area contributed by atoms with Crippen molar-refractivity contribution in [2.75, 3.05) is 13.6 Å². The van der Waals surface area contributed by atoms with Crippen LogP contribution in [-0.2, 0) is 17.1 Å². The Balaban J connectivity index is 3.13. The van der Waals surface area contributed by atoms with Gasteiger partial charge in [-0.25, -0.2) is 13.1 Å². The number of aliphatic hydroxyl groups is 1. The Kier molecular flexibility index (Phi) is 3.97. The predicted octanol–water partition coefficient (Wildman–Crippen LogP) is -0.0310. The fraction of sp³-hybridized carbons (Fsp3) is 0.750. The molecule has 0 spiro atoms. The minimum Gasteiger partial charge on any atom is -0.389 e. The first kappa shape index (κ1) is 14.6. The van der Waals surface area contributed by atoms with Crippen LogP contribution in [0.2, 0.25) is 0 Å². The van der Waals surface area contributed by atoms with Gasteiger partial charge in [-0.1, -0.05) is 5.21 Å². The molecule has 1 N–H and O–H groups in total. The number of hydrogen-bond donors (Lipinski definition) is 1. The van der Waals surface area contributed by atoms with Gasteiger partial charge >= 0.3 is 0 Å². The summed E-state index contributed by atoms with van der Waals surface area (Å²) < 4.78 is 26.8.